The summed E-state index contributed by atoms with van der Waals surface area (Å²) in [5.41, 5.74) is 1.04. The van der Waals surface area contributed by atoms with E-state index in [0.717, 1.165) is 22.5 Å². The predicted molar refractivity (Wildman–Crippen MR) is 82.0 cm³/mol. The Hall–Kier alpha value is -0.220. The summed E-state index contributed by atoms with van der Waals surface area (Å²) in [4.78, 5) is 4.46. The monoisotopic (exact) mass is 316 g/mol. The third-order valence-electron chi connectivity index (χ3n) is 2.60. The fourth-order valence-electron chi connectivity index (χ4n) is 1.58. The van der Waals surface area contributed by atoms with Crippen molar-refractivity contribution in [3.63, 3.8) is 0 Å². The Balaban J connectivity index is 2.11. The molecule has 1 N–H and O–H groups in total. The normalized spacial score (nSPS) is 10.5. The number of anilines is 1. The molecular weight excluding hydrogens is 296 g/mol. The van der Waals surface area contributed by atoms with E-state index < -0.39 is 0 Å². The minimum Gasteiger partial charge on any atom is -0.370 e. The van der Waals surface area contributed by atoms with Crippen LogP contribution in [0.4, 0.5) is 5.82 Å². The molecule has 0 fully saturated rings. The molecule has 0 unspecified atom stereocenters. The van der Waals surface area contributed by atoms with E-state index in [9.17, 15) is 0 Å². The third kappa shape index (κ3) is 6.32. The molecule has 0 aliphatic rings. The summed E-state index contributed by atoms with van der Waals surface area (Å²) in [6.45, 7) is 3.03. The first kappa shape index (κ1) is 14.8. The lowest BCUT2D eigenvalue weighted by atomic mass is 10.2. The van der Waals surface area contributed by atoms with E-state index in [1.54, 1.807) is 0 Å². The predicted octanol–water partition coefficient (Wildman–Crippen LogP) is 4.49. The molecule has 0 radical (unpaired) electrons. The summed E-state index contributed by atoms with van der Waals surface area (Å²) in [5.74, 6) is 2.27. The number of nitrogens with zero attached hydrogens (tertiary/aromatic N) is 1. The number of nitrogens with one attached hydrogen (secondary N) is 1. The first-order chi connectivity index (χ1) is 8.24. The second kappa shape index (κ2) is 8.81. The molecule has 0 aromatic carbocycles. The van der Waals surface area contributed by atoms with Crippen molar-refractivity contribution in [1.82, 2.24) is 4.98 Å². The van der Waals surface area contributed by atoms with Gasteiger partial charge < -0.3 is 5.32 Å². The van der Waals surface area contributed by atoms with Crippen molar-refractivity contribution in [2.45, 2.75) is 32.6 Å². The van der Waals surface area contributed by atoms with Gasteiger partial charge in [0.1, 0.15) is 5.82 Å². The zero-order valence-electron chi connectivity index (χ0n) is 10.6. The molecular formula is C13H21BrN2S. The molecule has 0 bridgehead atoms. The first-order valence-electron chi connectivity index (χ1n) is 6.10. The van der Waals surface area contributed by atoms with E-state index in [1.807, 2.05) is 30.8 Å². The zero-order chi connectivity index (χ0) is 12.5. The highest BCUT2D eigenvalue weighted by Crippen LogP contribution is 2.16. The van der Waals surface area contributed by atoms with Crippen LogP contribution in [0.15, 0.2) is 16.6 Å². The summed E-state index contributed by atoms with van der Waals surface area (Å²) in [7, 11) is 0. The van der Waals surface area contributed by atoms with E-state index in [2.05, 4.69) is 32.5 Å². The van der Waals surface area contributed by atoms with Crippen LogP contribution in [0.1, 0.15) is 31.4 Å². The number of hydrogen-bond donors (Lipinski definition) is 1. The fourth-order valence-corrected chi connectivity index (χ4v) is 2.30. The van der Waals surface area contributed by atoms with E-state index in [1.165, 1.54) is 31.4 Å². The number of unbranched alkanes of at least 4 members (excludes halogenated alkanes) is 3. The molecule has 0 saturated heterocycles. The molecule has 0 atom stereocenters. The van der Waals surface area contributed by atoms with Crippen LogP contribution in [0.2, 0.25) is 0 Å². The highest BCUT2D eigenvalue weighted by Gasteiger charge is 1.98. The van der Waals surface area contributed by atoms with Crippen molar-refractivity contribution in [2.24, 2.45) is 0 Å². The highest BCUT2D eigenvalue weighted by molar-refractivity contribution is 9.10. The SMILES string of the molecule is CSCCCCCCNc1ccc(Br)c(C)n1. The number of pyridine rings is 1. The van der Waals surface area contributed by atoms with Crippen molar-refractivity contribution in [3.05, 3.63) is 22.3 Å². The van der Waals surface area contributed by atoms with Crippen molar-refractivity contribution in [3.8, 4) is 0 Å². The van der Waals surface area contributed by atoms with Gasteiger partial charge in [0.15, 0.2) is 0 Å². The Labute approximate surface area is 117 Å². The maximum Gasteiger partial charge on any atom is 0.126 e. The van der Waals surface area contributed by atoms with Gasteiger partial charge in [0, 0.05) is 11.0 Å². The number of hydrogen-bond acceptors (Lipinski definition) is 3. The summed E-state index contributed by atoms with van der Waals surface area (Å²) in [6.07, 6.45) is 7.39. The molecule has 0 saturated carbocycles. The lowest BCUT2D eigenvalue weighted by Crippen LogP contribution is -2.03. The number of rotatable bonds is 8. The van der Waals surface area contributed by atoms with Crippen LogP contribution in [0.3, 0.4) is 0 Å². The minimum absolute atomic E-state index is 0.981. The molecule has 4 heteroatoms. The standard InChI is InChI=1S/C13H21BrN2S/c1-11-12(14)7-8-13(16-11)15-9-5-3-4-6-10-17-2/h7-8H,3-6,9-10H2,1-2H3,(H,15,16). The van der Waals surface area contributed by atoms with Crippen LogP contribution in [0.25, 0.3) is 0 Å². The molecule has 1 aromatic heterocycles. The van der Waals surface area contributed by atoms with Crippen LogP contribution in [0.5, 0.6) is 0 Å². The van der Waals surface area contributed by atoms with Crippen LogP contribution in [0, 0.1) is 6.92 Å². The van der Waals surface area contributed by atoms with Crippen molar-refractivity contribution in [1.29, 1.82) is 0 Å². The quantitative estimate of drug-likeness (QED) is 0.715. The van der Waals surface area contributed by atoms with Crippen LogP contribution in [-0.2, 0) is 0 Å². The second-order valence-electron chi connectivity index (χ2n) is 4.10. The molecule has 0 aliphatic heterocycles. The Morgan fingerprint density at radius 2 is 2.00 bits per heavy atom. The average molecular weight is 317 g/mol. The van der Waals surface area contributed by atoms with Gasteiger partial charge in [0.2, 0.25) is 0 Å². The van der Waals surface area contributed by atoms with Gasteiger partial charge in [-0.25, -0.2) is 4.98 Å². The highest BCUT2D eigenvalue weighted by atomic mass is 79.9. The Morgan fingerprint density at radius 1 is 1.24 bits per heavy atom. The molecule has 2 nitrogen and oxygen atoms in total. The smallest absolute Gasteiger partial charge is 0.126 e. The fraction of sp³-hybridized carbons (Fsp3) is 0.615. The van der Waals surface area contributed by atoms with E-state index in [-0.39, 0.29) is 0 Å². The first-order valence-corrected chi connectivity index (χ1v) is 8.28. The van der Waals surface area contributed by atoms with Crippen molar-refractivity contribution in [2.75, 3.05) is 23.9 Å². The van der Waals surface area contributed by atoms with Gasteiger partial charge in [0.25, 0.3) is 0 Å². The Kier molecular flexibility index (Phi) is 7.69. The van der Waals surface area contributed by atoms with Crippen LogP contribution < -0.4 is 5.32 Å². The number of thioether (sulfide) groups is 1. The van der Waals surface area contributed by atoms with Crippen molar-refractivity contribution >= 4 is 33.5 Å². The summed E-state index contributed by atoms with van der Waals surface area (Å²) >= 11 is 5.39. The zero-order valence-corrected chi connectivity index (χ0v) is 13.0. The molecule has 0 amide bonds. The summed E-state index contributed by atoms with van der Waals surface area (Å²) in [5, 5.41) is 3.37. The van der Waals surface area contributed by atoms with E-state index in [4.69, 9.17) is 0 Å². The average Bonchev–Trinajstić information content (AvgIpc) is 2.32. The van der Waals surface area contributed by atoms with Gasteiger partial charge >= 0.3 is 0 Å². The van der Waals surface area contributed by atoms with Gasteiger partial charge in [-0.05, 0) is 59.8 Å². The molecule has 1 rings (SSSR count). The number of aromatic nitrogens is 1. The van der Waals surface area contributed by atoms with E-state index in [0.29, 0.717) is 0 Å². The van der Waals surface area contributed by atoms with Gasteiger partial charge in [-0.15, -0.1) is 0 Å². The van der Waals surface area contributed by atoms with E-state index >= 15 is 0 Å². The van der Waals surface area contributed by atoms with Gasteiger partial charge in [-0.1, -0.05) is 12.8 Å². The topological polar surface area (TPSA) is 24.9 Å². The molecule has 17 heavy (non-hydrogen) atoms. The van der Waals surface area contributed by atoms with Gasteiger partial charge in [-0.3, -0.25) is 0 Å². The molecule has 1 heterocycles. The minimum atomic E-state index is 0.981. The number of halogens is 1. The summed E-state index contributed by atoms with van der Waals surface area (Å²) in [6, 6.07) is 4.06. The maximum absolute atomic E-state index is 4.46. The summed E-state index contributed by atoms with van der Waals surface area (Å²) < 4.78 is 1.07. The van der Waals surface area contributed by atoms with Crippen LogP contribution in [-0.4, -0.2) is 23.5 Å². The molecule has 1 aromatic rings. The van der Waals surface area contributed by atoms with Gasteiger partial charge in [0.05, 0.1) is 5.69 Å². The molecule has 0 aliphatic carbocycles. The Morgan fingerprint density at radius 3 is 2.71 bits per heavy atom. The lowest BCUT2D eigenvalue weighted by molar-refractivity contribution is 0.688. The number of aryl methyl sites for hydroxylation is 1. The van der Waals surface area contributed by atoms with Gasteiger partial charge in [-0.2, -0.15) is 11.8 Å². The third-order valence-corrected chi connectivity index (χ3v) is 4.14. The maximum atomic E-state index is 4.46. The molecule has 96 valence electrons. The molecule has 0 spiro atoms. The second-order valence-corrected chi connectivity index (χ2v) is 5.94. The Bertz CT molecular complexity index is 331. The van der Waals surface area contributed by atoms with Crippen LogP contribution >= 0.6 is 27.7 Å². The van der Waals surface area contributed by atoms with Crippen molar-refractivity contribution < 1.29 is 0 Å². The lowest BCUT2D eigenvalue weighted by Gasteiger charge is -2.07. The largest absolute Gasteiger partial charge is 0.370 e.